The third-order valence-corrected chi connectivity index (χ3v) is 4.10. The molecule has 3 aromatic heterocycles. The van der Waals surface area contributed by atoms with E-state index in [1.54, 1.807) is 24.1 Å². The van der Waals surface area contributed by atoms with Crippen molar-refractivity contribution >= 4 is 5.65 Å². The molecule has 0 atom stereocenters. The van der Waals surface area contributed by atoms with Gasteiger partial charge in [0.1, 0.15) is 5.75 Å². The fourth-order valence-corrected chi connectivity index (χ4v) is 2.99. The molecule has 0 aliphatic heterocycles. The number of rotatable bonds is 3. The van der Waals surface area contributed by atoms with Gasteiger partial charge in [0.2, 0.25) is 5.88 Å². The molecule has 1 N–H and O–H groups in total. The van der Waals surface area contributed by atoms with E-state index in [9.17, 15) is 5.11 Å². The summed E-state index contributed by atoms with van der Waals surface area (Å²) in [5.41, 5.74) is 4.68. The number of hydrogen-bond acceptors (Lipinski definition) is 5. The Hall–Kier alpha value is -3.35. The summed E-state index contributed by atoms with van der Waals surface area (Å²) in [5.74, 6) is 0.748. The van der Waals surface area contributed by atoms with Crippen molar-refractivity contribution in [1.29, 1.82) is 0 Å². The average Bonchev–Trinajstić information content (AvgIpc) is 3.22. The molecule has 0 spiro atoms. The van der Waals surface area contributed by atoms with Gasteiger partial charge >= 0.3 is 0 Å². The molecule has 4 aromatic rings. The van der Waals surface area contributed by atoms with Gasteiger partial charge in [-0.15, -0.1) is 0 Å². The first kappa shape index (κ1) is 15.2. The maximum Gasteiger partial charge on any atom is 0.215 e. The molecule has 7 heteroatoms. The van der Waals surface area contributed by atoms with Gasteiger partial charge in [0, 0.05) is 35.8 Å². The minimum absolute atomic E-state index is 0.0592. The Kier molecular flexibility index (Phi) is 3.42. The van der Waals surface area contributed by atoms with E-state index < -0.39 is 0 Å². The number of nitrogens with zero attached hydrogens (tertiary/aromatic N) is 5. The van der Waals surface area contributed by atoms with Crippen LogP contribution in [0.3, 0.4) is 0 Å². The van der Waals surface area contributed by atoms with Crippen molar-refractivity contribution in [2.45, 2.75) is 13.8 Å². The minimum Gasteiger partial charge on any atom is -0.496 e. The van der Waals surface area contributed by atoms with Crippen LogP contribution in [-0.4, -0.2) is 36.6 Å². The second-order valence-electron chi connectivity index (χ2n) is 5.79. The number of aromatic hydroxyl groups is 1. The predicted molar refractivity (Wildman–Crippen MR) is 93.2 cm³/mol. The van der Waals surface area contributed by atoms with Crippen molar-refractivity contribution in [3.63, 3.8) is 0 Å². The molecule has 3 heterocycles. The molecular formula is C18H17N5O2. The zero-order valence-corrected chi connectivity index (χ0v) is 14.1. The Morgan fingerprint density at radius 1 is 1.16 bits per heavy atom. The van der Waals surface area contributed by atoms with E-state index in [1.807, 2.05) is 44.3 Å². The Morgan fingerprint density at radius 3 is 2.72 bits per heavy atom. The normalized spacial score (nSPS) is 11.2. The molecule has 4 rings (SSSR count). The summed E-state index contributed by atoms with van der Waals surface area (Å²) in [6.07, 6.45) is 3.60. The van der Waals surface area contributed by atoms with E-state index in [-0.39, 0.29) is 5.88 Å². The van der Waals surface area contributed by atoms with Gasteiger partial charge in [-0.05, 0) is 32.0 Å². The number of ether oxygens (including phenoxy) is 1. The highest BCUT2D eigenvalue weighted by atomic mass is 16.5. The van der Waals surface area contributed by atoms with Crippen LogP contribution in [0.15, 0.2) is 42.7 Å². The topological polar surface area (TPSA) is 77.5 Å². The van der Waals surface area contributed by atoms with Crippen molar-refractivity contribution in [3.05, 3.63) is 54.1 Å². The molecule has 0 radical (unpaired) electrons. The first-order valence-electron chi connectivity index (χ1n) is 7.83. The number of aromatic nitrogens is 5. The van der Waals surface area contributed by atoms with Crippen molar-refractivity contribution in [1.82, 2.24) is 24.4 Å². The number of hydrogen-bond donors (Lipinski definition) is 1. The fraction of sp³-hybridized carbons (Fsp3) is 0.167. The molecular weight excluding hydrogens is 318 g/mol. The van der Waals surface area contributed by atoms with Crippen LogP contribution in [0.4, 0.5) is 0 Å². The number of methoxy groups -OCH3 is 1. The summed E-state index contributed by atoms with van der Waals surface area (Å²) in [6, 6.07) is 9.29. The molecule has 0 unspecified atom stereocenters. The predicted octanol–water partition coefficient (Wildman–Crippen LogP) is 2.91. The molecule has 0 bridgehead atoms. The smallest absolute Gasteiger partial charge is 0.215 e. The molecule has 0 fully saturated rings. The summed E-state index contributed by atoms with van der Waals surface area (Å²) in [5, 5.41) is 18.8. The Balaban J connectivity index is 1.96. The van der Waals surface area contributed by atoms with E-state index >= 15 is 0 Å². The highest BCUT2D eigenvalue weighted by molar-refractivity contribution is 5.84. The summed E-state index contributed by atoms with van der Waals surface area (Å²) < 4.78 is 8.81. The van der Waals surface area contributed by atoms with Crippen LogP contribution in [0.2, 0.25) is 0 Å². The van der Waals surface area contributed by atoms with Crippen LogP contribution in [0.25, 0.3) is 22.5 Å². The molecule has 0 amide bonds. The molecule has 7 nitrogen and oxygen atoms in total. The van der Waals surface area contributed by atoms with Crippen LogP contribution in [0.1, 0.15) is 11.4 Å². The summed E-state index contributed by atoms with van der Waals surface area (Å²) in [6.45, 7) is 3.73. The molecule has 0 saturated carbocycles. The molecule has 1 aromatic carbocycles. The lowest BCUT2D eigenvalue weighted by Crippen LogP contribution is -1.97. The lowest BCUT2D eigenvalue weighted by Gasteiger charge is -2.11. The Bertz CT molecular complexity index is 1070. The number of fused-ring (bicyclic) bond motifs is 1. The monoisotopic (exact) mass is 335 g/mol. The van der Waals surface area contributed by atoms with Gasteiger partial charge in [-0.2, -0.15) is 14.7 Å². The second kappa shape index (κ2) is 5.62. The van der Waals surface area contributed by atoms with E-state index in [1.165, 1.54) is 4.52 Å². The molecule has 0 aliphatic carbocycles. The van der Waals surface area contributed by atoms with Crippen molar-refractivity contribution in [3.8, 4) is 28.4 Å². The SMILES string of the molecule is COc1cc(-n2cccn2)ccc1-c1c(C)nn2c(O)cc(C)nc12. The van der Waals surface area contributed by atoms with Crippen LogP contribution >= 0.6 is 0 Å². The third kappa shape index (κ3) is 2.40. The highest BCUT2D eigenvalue weighted by Gasteiger charge is 2.19. The highest BCUT2D eigenvalue weighted by Crippen LogP contribution is 2.36. The summed E-state index contributed by atoms with van der Waals surface area (Å²) in [4.78, 5) is 4.55. The molecule has 126 valence electrons. The minimum atomic E-state index is 0.0592. The zero-order chi connectivity index (χ0) is 17.6. The van der Waals surface area contributed by atoms with Gasteiger partial charge in [0.15, 0.2) is 5.65 Å². The van der Waals surface area contributed by atoms with Crippen LogP contribution in [0.5, 0.6) is 11.6 Å². The molecule has 25 heavy (non-hydrogen) atoms. The van der Waals surface area contributed by atoms with Gasteiger partial charge in [0.05, 0.1) is 24.1 Å². The van der Waals surface area contributed by atoms with E-state index in [4.69, 9.17) is 4.74 Å². The number of aryl methyl sites for hydroxylation is 2. The van der Waals surface area contributed by atoms with Crippen LogP contribution in [0, 0.1) is 13.8 Å². The zero-order valence-electron chi connectivity index (χ0n) is 14.1. The first-order valence-corrected chi connectivity index (χ1v) is 7.83. The van der Waals surface area contributed by atoms with E-state index in [2.05, 4.69) is 15.2 Å². The lowest BCUT2D eigenvalue weighted by molar-refractivity contribution is 0.416. The summed E-state index contributed by atoms with van der Waals surface area (Å²) >= 11 is 0. The van der Waals surface area contributed by atoms with Gasteiger partial charge in [-0.3, -0.25) is 0 Å². The van der Waals surface area contributed by atoms with Gasteiger partial charge in [0.25, 0.3) is 0 Å². The van der Waals surface area contributed by atoms with Gasteiger partial charge in [-0.1, -0.05) is 0 Å². The maximum atomic E-state index is 10.1. The van der Waals surface area contributed by atoms with E-state index in [0.717, 1.165) is 28.2 Å². The van der Waals surface area contributed by atoms with Crippen molar-refractivity contribution in [2.24, 2.45) is 0 Å². The van der Waals surface area contributed by atoms with Crippen molar-refractivity contribution in [2.75, 3.05) is 7.11 Å². The van der Waals surface area contributed by atoms with Crippen LogP contribution < -0.4 is 4.74 Å². The molecule has 0 aliphatic rings. The average molecular weight is 335 g/mol. The fourth-order valence-electron chi connectivity index (χ4n) is 2.99. The Morgan fingerprint density at radius 2 is 2.00 bits per heavy atom. The Labute approximate surface area is 144 Å². The first-order chi connectivity index (χ1) is 12.1. The number of benzene rings is 1. The maximum absolute atomic E-state index is 10.1. The lowest BCUT2D eigenvalue weighted by atomic mass is 10.0. The quantitative estimate of drug-likeness (QED) is 0.623. The molecule has 0 saturated heterocycles. The van der Waals surface area contributed by atoms with Gasteiger partial charge < -0.3 is 9.84 Å². The third-order valence-electron chi connectivity index (χ3n) is 4.10. The van der Waals surface area contributed by atoms with Crippen molar-refractivity contribution < 1.29 is 9.84 Å². The standard InChI is InChI=1S/C18H17N5O2/c1-11-9-16(24)23-18(20-11)17(12(2)21-23)14-6-5-13(10-15(14)25-3)22-8-4-7-19-22/h4-10,24H,1-3H3. The van der Waals surface area contributed by atoms with Crippen LogP contribution in [-0.2, 0) is 0 Å². The van der Waals surface area contributed by atoms with Gasteiger partial charge in [-0.25, -0.2) is 9.67 Å². The van der Waals surface area contributed by atoms with E-state index in [0.29, 0.717) is 11.4 Å². The largest absolute Gasteiger partial charge is 0.496 e. The summed E-state index contributed by atoms with van der Waals surface area (Å²) in [7, 11) is 1.63. The second-order valence-corrected chi connectivity index (χ2v) is 5.79.